The number of hydrogen-bond donors (Lipinski definition) is 0. The topological polar surface area (TPSA) is 26.3 Å². The van der Waals surface area contributed by atoms with Gasteiger partial charge in [-0.1, -0.05) is 0 Å². The van der Waals surface area contributed by atoms with Gasteiger partial charge in [-0.15, -0.1) is 0 Å². The van der Waals surface area contributed by atoms with Crippen LogP contribution in [0.25, 0.3) is 0 Å². The van der Waals surface area contributed by atoms with Crippen molar-refractivity contribution in [2.45, 2.75) is 62.5 Å². The van der Waals surface area contributed by atoms with Crippen LogP contribution in [0.3, 0.4) is 0 Å². The molecule has 0 spiro atoms. The summed E-state index contributed by atoms with van der Waals surface area (Å²) in [6.07, 6.45) is 8.83. The Hall–Kier alpha value is -0.0105. The third-order valence-electron chi connectivity index (χ3n) is 2.32. The molecule has 0 aromatic heterocycles. The number of carbonyl (C=O) groups excluding carboxylic acids is 1. The summed E-state index contributed by atoms with van der Waals surface area (Å²) >= 11 is 0.652. The normalized spacial score (nSPS) is 10.3. The van der Waals surface area contributed by atoms with Crippen LogP contribution in [-0.4, -0.2) is 28.0 Å². The molecule has 0 aliphatic heterocycles. The van der Waals surface area contributed by atoms with E-state index in [4.69, 9.17) is 0 Å². The quantitative estimate of drug-likeness (QED) is 0.348. The molecule has 15 heavy (non-hydrogen) atoms. The number of rotatable bonds is 10. The van der Waals surface area contributed by atoms with Crippen LogP contribution in [0.4, 0.5) is 0 Å². The van der Waals surface area contributed by atoms with Crippen molar-refractivity contribution in [3.63, 3.8) is 0 Å². The van der Waals surface area contributed by atoms with Crippen LogP contribution in [0.1, 0.15) is 51.9 Å². The summed E-state index contributed by atoms with van der Waals surface area (Å²) in [6, 6.07) is 0. The van der Waals surface area contributed by atoms with E-state index in [1.165, 1.54) is 51.0 Å². The fourth-order valence-electron chi connectivity index (χ4n) is 1.34. The van der Waals surface area contributed by atoms with E-state index in [0.717, 1.165) is 5.32 Å². The van der Waals surface area contributed by atoms with Gasteiger partial charge in [-0.05, 0) is 0 Å². The van der Waals surface area contributed by atoms with Crippen molar-refractivity contribution >= 4 is 20.9 Å². The van der Waals surface area contributed by atoms with E-state index >= 15 is 0 Å². The van der Waals surface area contributed by atoms with Crippen molar-refractivity contribution in [2.75, 3.05) is 7.11 Å². The molecule has 90 valence electrons. The molecule has 0 aromatic rings. The Labute approximate surface area is 100 Å². The number of ether oxygens (including phenoxy) is 1. The second kappa shape index (κ2) is 12.1. The van der Waals surface area contributed by atoms with Gasteiger partial charge in [-0.2, -0.15) is 0 Å². The van der Waals surface area contributed by atoms with E-state index < -0.39 is 0 Å². The fourth-order valence-corrected chi connectivity index (χ4v) is 3.28. The van der Waals surface area contributed by atoms with E-state index in [1.807, 2.05) is 0 Å². The first-order chi connectivity index (χ1) is 7.31. The minimum atomic E-state index is -0.0557. The van der Waals surface area contributed by atoms with E-state index in [0.29, 0.717) is 21.4 Å². The van der Waals surface area contributed by atoms with Gasteiger partial charge in [-0.25, -0.2) is 0 Å². The maximum atomic E-state index is 10.8. The fraction of sp³-hybridized carbons (Fsp3) is 0.917. The Morgan fingerprint density at radius 1 is 1.07 bits per heavy atom. The second-order valence-electron chi connectivity index (χ2n) is 3.71. The summed E-state index contributed by atoms with van der Waals surface area (Å²) in [5.74, 6) is -0.0557. The molecule has 0 rings (SSSR count). The molecular weight excluding hydrogens is 255 g/mol. The molecule has 0 fully saturated rings. The zero-order valence-electron chi connectivity index (χ0n) is 10.1. The first-order valence-electron chi connectivity index (χ1n) is 5.95. The molecule has 0 atom stereocenters. The van der Waals surface area contributed by atoms with Crippen molar-refractivity contribution < 1.29 is 9.53 Å². The molecule has 0 saturated heterocycles. The molecule has 0 N–H and O–H groups in total. The average Bonchev–Trinajstić information content (AvgIpc) is 2.26. The number of unbranched alkanes of at least 4 members (excludes halogenated alkanes) is 5. The van der Waals surface area contributed by atoms with Gasteiger partial charge in [0.15, 0.2) is 0 Å². The summed E-state index contributed by atoms with van der Waals surface area (Å²) in [5.41, 5.74) is 0. The molecule has 0 aliphatic carbocycles. The molecule has 0 saturated carbocycles. The summed E-state index contributed by atoms with van der Waals surface area (Å²) in [5, 5.41) is 2.38. The predicted molar refractivity (Wildman–Crippen MR) is 65.4 cm³/mol. The van der Waals surface area contributed by atoms with Crippen molar-refractivity contribution in [1.82, 2.24) is 0 Å². The zero-order valence-corrected chi connectivity index (χ0v) is 11.8. The van der Waals surface area contributed by atoms with Crippen molar-refractivity contribution in [2.24, 2.45) is 0 Å². The molecule has 2 nitrogen and oxygen atoms in total. The molecule has 0 amide bonds. The van der Waals surface area contributed by atoms with Gasteiger partial charge in [-0.3, -0.25) is 0 Å². The Kier molecular flexibility index (Phi) is 12.1. The van der Waals surface area contributed by atoms with Crippen LogP contribution in [0.5, 0.6) is 0 Å². The Balaban J connectivity index is 2.95. The molecule has 3 heteroatoms. The standard InChI is InChI=1S/C12H24O2Se/c1-3-4-5-6-7-8-10-15-11-9-12(13)14-2/h3-11H2,1-2H3. The number of methoxy groups -OCH3 is 1. The van der Waals surface area contributed by atoms with Crippen molar-refractivity contribution in [1.29, 1.82) is 0 Å². The van der Waals surface area contributed by atoms with Crippen molar-refractivity contribution in [3.05, 3.63) is 0 Å². The maximum absolute atomic E-state index is 10.8. The molecule has 0 heterocycles. The van der Waals surface area contributed by atoms with E-state index in [1.54, 1.807) is 0 Å². The van der Waals surface area contributed by atoms with Crippen LogP contribution >= 0.6 is 0 Å². The van der Waals surface area contributed by atoms with Gasteiger partial charge in [0.25, 0.3) is 0 Å². The Bertz CT molecular complexity index is 149. The summed E-state index contributed by atoms with van der Waals surface area (Å²) in [6.45, 7) is 2.25. The van der Waals surface area contributed by atoms with Crippen LogP contribution in [0, 0.1) is 0 Å². The SMILES string of the molecule is CCCCCCCC[Se]CCC(=O)OC. The third-order valence-corrected chi connectivity index (χ3v) is 4.57. The van der Waals surface area contributed by atoms with Crippen molar-refractivity contribution in [3.8, 4) is 0 Å². The van der Waals surface area contributed by atoms with Crippen LogP contribution < -0.4 is 0 Å². The molecule has 0 aliphatic rings. The summed E-state index contributed by atoms with van der Waals surface area (Å²) in [4.78, 5) is 10.8. The van der Waals surface area contributed by atoms with E-state index in [-0.39, 0.29) is 5.97 Å². The van der Waals surface area contributed by atoms with Crippen LogP contribution in [0.2, 0.25) is 10.6 Å². The molecular formula is C12H24O2Se. The molecule has 0 unspecified atom stereocenters. The van der Waals surface area contributed by atoms with Crippen LogP contribution in [-0.2, 0) is 9.53 Å². The Morgan fingerprint density at radius 3 is 2.40 bits per heavy atom. The van der Waals surface area contributed by atoms with E-state index in [2.05, 4.69) is 11.7 Å². The Morgan fingerprint density at radius 2 is 1.73 bits per heavy atom. The molecule has 0 radical (unpaired) electrons. The average molecular weight is 279 g/mol. The van der Waals surface area contributed by atoms with Gasteiger partial charge >= 0.3 is 100 Å². The first kappa shape index (κ1) is 15.0. The van der Waals surface area contributed by atoms with Gasteiger partial charge in [0.1, 0.15) is 0 Å². The number of hydrogen-bond acceptors (Lipinski definition) is 2. The molecule has 0 bridgehead atoms. The zero-order chi connectivity index (χ0) is 11.4. The summed E-state index contributed by atoms with van der Waals surface area (Å²) in [7, 11) is 1.46. The monoisotopic (exact) mass is 280 g/mol. The van der Waals surface area contributed by atoms with Gasteiger partial charge in [0, 0.05) is 0 Å². The van der Waals surface area contributed by atoms with Gasteiger partial charge in [0.05, 0.1) is 0 Å². The summed E-state index contributed by atoms with van der Waals surface area (Å²) < 4.78 is 4.59. The first-order valence-corrected chi connectivity index (χ1v) is 8.38. The minimum absolute atomic E-state index is 0.0557. The second-order valence-corrected chi connectivity index (χ2v) is 6.28. The predicted octanol–water partition coefficient (Wildman–Crippen LogP) is 3.45. The molecule has 0 aromatic carbocycles. The van der Waals surface area contributed by atoms with E-state index in [9.17, 15) is 4.79 Å². The number of esters is 1. The third kappa shape index (κ3) is 11.9. The number of carbonyl (C=O) groups is 1. The van der Waals surface area contributed by atoms with Gasteiger partial charge in [0.2, 0.25) is 0 Å². The van der Waals surface area contributed by atoms with Gasteiger partial charge < -0.3 is 0 Å². The van der Waals surface area contributed by atoms with Crippen LogP contribution in [0.15, 0.2) is 0 Å².